The Morgan fingerprint density at radius 3 is 2.42 bits per heavy atom. The van der Waals surface area contributed by atoms with E-state index in [1.165, 1.54) is 12.1 Å². The van der Waals surface area contributed by atoms with Gasteiger partial charge in [-0.15, -0.1) is 0 Å². The Bertz CT molecular complexity index is 601. The van der Waals surface area contributed by atoms with E-state index in [0.29, 0.717) is 17.2 Å². The van der Waals surface area contributed by atoms with Crippen LogP contribution in [0.3, 0.4) is 0 Å². The van der Waals surface area contributed by atoms with Crippen LogP contribution in [0.2, 0.25) is 10.0 Å². The number of nitrogens with one attached hydrogen (secondary N) is 1. The van der Waals surface area contributed by atoms with Crippen LogP contribution >= 0.6 is 23.2 Å². The average molecular weight is 303 g/mol. The Morgan fingerprint density at radius 2 is 1.95 bits per heavy atom. The highest BCUT2D eigenvalue weighted by Crippen LogP contribution is 2.31. The average Bonchev–Trinajstić information content (AvgIpc) is 2.63. The Kier molecular flexibility index (Phi) is 3.87. The Labute approximate surface area is 120 Å². The summed E-state index contributed by atoms with van der Waals surface area (Å²) in [5.41, 5.74) is 7.89. The topological polar surface area (TPSA) is 55.9 Å². The number of nitrogens with zero attached hydrogens (tertiary/aromatic N) is 2. The smallest absolute Gasteiger partial charge is 0.160 e. The molecule has 1 aromatic heterocycles. The summed E-state index contributed by atoms with van der Waals surface area (Å²) in [5.74, 6) is -0.0169. The number of benzene rings is 1. The first-order valence-electron chi connectivity index (χ1n) is 5.67. The highest BCUT2D eigenvalue weighted by molar-refractivity contribution is 6.35. The molecule has 102 valence electrons. The van der Waals surface area contributed by atoms with E-state index in [1.807, 2.05) is 6.92 Å². The third-order valence-electron chi connectivity index (χ3n) is 2.74. The van der Waals surface area contributed by atoms with Crippen LogP contribution < -0.4 is 11.1 Å². The van der Waals surface area contributed by atoms with Crippen molar-refractivity contribution < 1.29 is 4.39 Å². The summed E-state index contributed by atoms with van der Waals surface area (Å²) in [6, 6.07) is 2.89. The Morgan fingerprint density at radius 1 is 1.37 bits per heavy atom. The largest absolute Gasteiger partial charge is 0.394 e. The molecule has 1 heterocycles. The van der Waals surface area contributed by atoms with Gasteiger partial charge in [0.05, 0.1) is 21.4 Å². The van der Waals surface area contributed by atoms with E-state index in [4.69, 9.17) is 28.9 Å². The standard InChI is InChI=1S/C12H13Cl2FN4/c1-3-9-11(16)12(19(2)18-9)17-6-4-7(13)10(15)8(14)5-6/h4-5,17H,3,16H2,1-2H3. The molecule has 7 heteroatoms. The van der Waals surface area contributed by atoms with Gasteiger partial charge in [0.2, 0.25) is 0 Å². The summed E-state index contributed by atoms with van der Waals surface area (Å²) in [6.45, 7) is 1.97. The molecule has 3 N–H and O–H groups in total. The SMILES string of the molecule is CCc1nn(C)c(Nc2cc(Cl)c(F)c(Cl)c2)c1N. The number of aromatic nitrogens is 2. The number of nitrogen functional groups attached to an aromatic ring is 1. The summed E-state index contributed by atoms with van der Waals surface area (Å²) in [6.07, 6.45) is 0.728. The molecule has 0 bridgehead atoms. The van der Waals surface area contributed by atoms with E-state index in [1.54, 1.807) is 11.7 Å². The second-order valence-electron chi connectivity index (χ2n) is 4.07. The fourth-order valence-electron chi connectivity index (χ4n) is 1.77. The summed E-state index contributed by atoms with van der Waals surface area (Å²) in [4.78, 5) is 0. The molecule has 0 unspecified atom stereocenters. The lowest BCUT2D eigenvalue weighted by Crippen LogP contribution is -2.01. The van der Waals surface area contributed by atoms with Crippen molar-refractivity contribution in [3.05, 3.63) is 33.7 Å². The van der Waals surface area contributed by atoms with Crippen LogP contribution in [0.15, 0.2) is 12.1 Å². The Hall–Kier alpha value is -1.46. The Balaban J connectivity index is 2.39. The zero-order valence-electron chi connectivity index (χ0n) is 10.5. The highest BCUT2D eigenvalue weighted by atomic mass is 35.5. The minimum Gasteiger partial charge on any atom is -0.394 e. The molecule has 0 amide bonds. The van der Waals surface area contributed by atoms with E-state index in [0.717, 1.165) is 12.1 Å². The molecule has 4 nitrogen and oxygen atoms in total. The molecule has 0 saturated heterocycles. The molecule has 0 spiro atoms. The van der Waals surface area contributed by atoms with E-state index in [9.17, 15) is 4.39 Å². The first-order chi connectivity index (χ1) is 8.93. The van der Waals surface area contributed by atoms with Gasteiger partial charge in [-0.05, 0) is 18.6 Å². The summed E-state index contributed by atoms with van der Waals surface area (Å²) >= 11 is 11.5. The van der Waals surface area contributed by atoms with Crippen molar-refractivity contribution in [3.63, 3.8) is 0 Å². The third-order valence-corrected chi connectivity index (χ3v) is 3.29. The molecule has 2 rings (SSSR count). The molecular weight excluding hydrogens is 290 g/mol. The molecule has 0 atom stereocenters. The van der Waals surface area contributed by atoms with Gasteiger partial charge in [0.1, 0.15) is 0 Å². The predicted octanol–water partition coefficient (Wildman–Crippen LogP) is 3.75. The fraction of sp³-hybridized carbons (Fsp3) is 0.250. The fourth-order valence-corrected chi connectivity index (χ4v) is 2.26. The number of rotatable bonds is 3. The number of anilines is 3. The number of halogens is 3. The quantitative estimate of drug-likeness (QED) is 0.849. The maximum absolute atomic E-state index is 13.3. The van der Waals surface area contributed by atoms with E-state index in [2.05, 4.69) is 10.4 Å². The van der Waals surface area contributed by atoms with Gasteiger partial charge >= 0.3 is 0 Å². The molecule has 0 aliphatic rings. The first-order valence-corrected chi connectivity index (χ1v) is 6.42. The van der Waals surface area contributed by atoms with E-state index >= 15 is 0 Å². The second-order valence-corrected chi connectivity index (χ2v) is 4.88. The monoisotopic (exact) mass is 302 g/mol. The van der Waals surface area contributed by atoms with Crippen LogP contribution in [-0.4, -0.2) is 9.78 Å². The predicted molar refractivity (Wildman–Crippen MR) is 76.7 cm³/mol. The molecule has 0 aliphatic heterocycles. The summed E-state index contributed by atoms with van der Waals surface area (Å²) in [7, 11) is 1.77. The molecular formula is C12H13Cl2FN4. The van der Waals surface area contributed by atoms with Gasteiger partial charge in [-0.1, -0.05) is 30.1 Å². The van der Waals surface area contributed by atoms with Crippen molar-refractivity contribution in [2.75, 3.05) is 11.1 Å². The number of hydrogen-bond acceptors (Lipinski definition) is 3. The lowest BCUT2D eigenvalue weighted by atomic mass is 10.2. The van der Waals surface area contributed by atoms with Crippen molar-refractivity contribution in [1.82, 2.24) is 9.78 Å². The second kappa shape index (κ2) is 5.27. The van der Waals surface area contributed by atoms with Gasteiger partial charge in [0, 0.05) is 12.7 Å². The van der Waals surface area contributed by atoms with Gasteiger partial charge < -0.3 is 11.1 Å². The molecule has 0 aliphatic carbocycles. The number of hydrogen-bond donors (Lipinski definition) is 2. The lowest BCUT2D eigenvalue weighted by Gasteiger charge is -2.09. The highest BCUT2D eigenvalue weighted by Gasteiger charge is 2.14. The molecule has 0 saturated carbocycles. The van der Waals surface area contributed by atoms with Crippen LogP contribution in [0.25, 0.3) is 0 Å². The zero-order valence-corrected chi connectivity index (χ0v) is 12.0. The van der Waals surface area contributed by atoms with Crippen LogP contribution in [-0.2, 0) is 13.5 Å². The minimum atomic E-state index is -0.638. The van der Waals surface area contributed by atoms with Crippen LogP contribution in [0.4, 0.5) is 21.6 Å². The maximum atomic E-state index is 13.3. The third kappa shape index (κ3) is 2.62. The van der Waals surface area contributed by atoms with Crippen molar-refractivity contribution in [1.29, 1.82) is 0 Å². The van der Waals surface area contributed by atoms with Gasteiger partial charge in [0.25, 0.3) is 0 Å². The van der Waals surface area contributed by atoms with Gasteiger partial charge in [0.15, 0.2) is 11.6 Å². The van der Waals surface area contributed by atoms with Crippen LogP contribution in [0.5, 0.6) is 0 Å². The summed E-state index contributed by atoms with van der Waals surface area (Å²) in [5, 5.41) is 7.22. The molecule has 0 radical (unpaired) electrons. The van der Waals surface area contributed by atoms with Gasteiger partial charge in [-0.25, -0.2) is 4.39 Å². The zero-order chi connectivity index (χ0) is 14.2. The molecule has 19 heavy (non-hydrogen) atoms. The molecule has 0 fully saturated rings. The maximum Gasteiger partial charge on any atom is 0.160 e. The number of aryl methyl sites for hydroxylation is 2. The van der Waals surface area contributed by atoms with Crippen LogP contribution in [0.1, 0.15) is 12.6 Å². The summed E-state index contributed by atoms with van der Waals surface area (Å²) < 4.78 is 15.0. The molecule has 2 aromatic rings. The van der Waals surface area contributed by atoms with E-state index < -0.39 is 5.82 Å². The normalized spacial score (nSPS) is 10.8. The molecule has 1 aromatic carbocycles. The minimum absolute atomic E-state index is 0.0496. The number of nitrogens with two attached hydrogens (primary N) is 1. The first kappa shape index (κ1) is 14.0. The van der Waals surface area contributed by atoms with Crippen LogP contribution in [0, 0.1) is 5.82 Å². The van der Waals surface area contributed by atoms with Crippen molar-refractivity contribution in [2.24, 2.45) is 7.05 Å². The van der Waals surface area contributed by atoms with Crippen molar-refractivity contribution in [2.45, 2.75) is 13.3 Å². The van der Waals surface area contributed by atoms with Crippen molar-refractivity contribution >= 4 is 40.4 Å². The van der Waals surface area contributed by atoms with Gasteiger partial charge in [-0.2, -0.15) is 5.10 Å². The lowest BCUT2D eigenvalue weighted by molar-refractivity contribution is 0.629. The van der Waals surface area contributed by atoms with E-state index in [-0.39, 0.29) is 10.0 Å². The van der Waals surface area contributed by atoms with Gasteiger partial charge in [-0.3, -0.25) is 4.68 Å². The van der Waals surface area contributed by atoms with Crippen molar-refractivity contribution in [3.8, 4) is 0 Å².